The Balaban J connectivity index is 1.60. The van der Waals surface area contributed by atoms with Crippen LogP contribution in [0.25, 0.3) is 11.4 Å². The van der Waals surface area contributed by atoms with Gasteiger partial charge in [0, 0.05) is 18.0 Å². The van der Waals surface area contributed by atoms with Crippen molar-refractivity contribution >= 4 is 16.0 Å². The molecular formula is C18H15F3N4O5S. The Morgan fingerprint density at radius 2 is 2.03 bits per heavy atom. The summed E-state index contributed by atoms with van der Waals surface area (Å²) in [6.07, 6.45) is -2.63. The number of nitrogens with one attached hydrogen (secondary N) is 1. The fourth-order valence-electron chi connectivity index (χ4n) is 2.38. The van der Waals surface area contributed by atoms with Crippen molar-refractivity contribution in [1.29, 1.82) is 0 Å². The summed E-state index contributed by atoms with van der Waals surface area (Å²) in [7, 11) is -4.38. The summed E-state index contributed by atoms with van der Waals surface area (Å²) >= 11 is 0. The molecule has 1 aromatic carbocycles. The molecule has 3 aromatic rings. The third kappa shape index (κ3) is 5.64. The van der Waals surface area contributed by atoms with Gasteiger partial charge in [0.1, 0.15) is 6.54 Å². The van der Waals surface area contributed by atoms with Gasteiger partial charge in [-0.2, -0.15) is 22.9 Å². The molecule has 31 heavy (non-hydrogen) atoms. The first-order chi connectivity index (χ1) is 14.6. The van der Waals surface area contributed by atoms with E-state index in [0.717, 1.165) is 18.2 Å². The van der Waals surface area contributed by atoms with Gasteiger partial charge in [0.2, 0.25) is 15.8 Å². The minimum Gasteiger partial charge on any atom is -0.452 e. The van der Waals surface area contributed by atoms with Gasteiger partial charge < -0.3 is 9.26 Å². The van der Waals surface area contributed by atoms with E-state index < -0.39 is 45.3 Å². The molecule has 0 aliphatic carbocycles. The molecule has 0 saturated heterocycles. The molecule has 0 bridgehead atoms. The van der Waals surface area contributed by atoms with E-state index in [1.54, 1.807) is 18.3 Å². The number of ether oxygens (including phenoxy) is 1. The third-order valence-electron chi connectivity index (χ3n) is 3.90. The average molecular weight is 456 g/mol. The van der Waals surface area contributed by atoms with E-state index in [-0.39, 0.29) is 11.7 Å². The summed E-state index contributed by atoms with van der Waals surface area (Å²) in [6, 6.07) is 6.50. The zero-order valence-electron chi connectivity index (χ0n) is 15.8. The van der Waals surface area contributed by atoms with Crippen LogP contribution in [0, 0.1) is 0 Å². The number of esters is 1. The Labute approximate surface area is 174 Å². The summed E-state index contributed by atoms with van der Waals surface area (Å²) in [5, 5.41) is 3.75. The lowest BCUT2D eigenvalue weighted by atomic mass is 10.2. The molecule has 2 aromatic heterocycles. The lowest BCUT2D eigenvalue weighted by Gasteiger charge is -2.11. The highest BCUT2D eigenvalue weighted by Gasteiger charge is 2.31. The van der Waals surface area contributed by atoms with Crippen molar-refractivity contribution in [1.82, 2.24) is 19.8 Å². The van der Waals surface area contributed by atoms with Gasteiger partial charge in [-0.25, -0.2) is 8.42 Å². The number of hydrogen-bond donors (Lipinski definition) is 1. The number of carbonyl (C=O) groups is 1. The van der Waals surface area contributed by atoms with Crippen LogP contribution >= 0.6 is 0 Å². The van der Waals surface area contributed by atoms with Crippen LogP contribution in [0.5, 0.6) is 0 Å². The first-order valence-corrected chi connectivity index (χ1v) is 10.1. The molecule has 0 radical (unpaired) electrons. The van der Waals surface area contributed by atoms with E-state index in [0.29, 0.717) is 11.6 Å². The van der Waals surface area contributed by atoms with Crippen LogP contribution < -0.4 is 4.72 Å². The molecule has 9 nitrogen and oxygen atoms in total. The highest BCUT2D eigenvalue weighted by atomic mass is 32.2. The smallest absolute Gasteiger partial charge is 0.416 e. The summed E-state index contributed by atoms with van der Waals surface area (Å²) < 4.78 is 74.7. The van der Waals surface area contributed by atoms with Crippen LogP contribution in [0.1, 0.15) is 24.5 Å². The fourth-order valence-corrected chi connectivity index (χ4v) is 3.39. The Morgan fingerprint density at radius 1 is 1.26 bits per heavy atom. The van der Waals surface area contributed by atoms with Crippen molar-refractivity contribution in [2.75, 3.05) is 6.54 Å². The first kappa shape index (κ1) is 22.4. The summed E-state index contributed by atoms with van der Waals surface area (Å²) in [5.74, 6) is -0.812. The number of alkyl halides is 3. The van der Waals surface area contributed by atoms with Gasteiger partial charge in [-0.15, -0.1) is 0 Å². The molecule has 13 heteroatoms. The number of aromatic nitrogens is 3. The van der Waals surface area contributed by atoms with Gasteiger partial charge in [-0.3, -0.25) is 9.78 Å². The van der Waals surface area contributed by atoms with Crippen molar-refractivity contribution in [3.63, 3.8) is 0 Å². The minimum absolute atomic E-state index is 0.0343. The molecule has 1 N–H and O–H groups in total. The van der Waals surface area contributed by atoms with Crippen molar-refractivity contribution < 1.29 is 35.6 Å². The fraction of sp³-hybridized carbons (Fsp3) is 0.222. The number of pyridine rings is 1. The largest absolute Gasteiger partial charge is 0.452 e. The standard InChI is InChI=1S/C18H15F3N4O5S/c1-11(17-24-16(25-30-17)12-4-3-7-22-9-12)29-15(26)10-23-31(27,28)14-6-2-5-13(8-14)18(19,20)21/h2-9,11,23H,10H2,1H3. The lowest BCUT2D eigenvalue weighted by Crippen LogP contribution is -2.31. The van der Waals surface area contributed by atoms with E-state index in [1.807, 2.05) is 4.72 Å². The summed E-state index contributed by atoms with van der Waals surface area (Å²) in [6.45, 7) is 0.617. The molecule has 0 aliphatic heterocycles. The quantitative estimate of drug-likeness (QED) is 0.538. The van der Waals surface area contributed by atoms with Crippen LogP contribution in [0.2, 0.25) is 0 Å². The van der Waals surface area contributed by atoms with E-state index >= 15 is 0 Å². The van der Waals surface area contributed by atoms with Crippen LogP contribution in [0.15, 0.2) is 58.2 Å². The lowest BCUT2D eigenvalue weighted by molar-refractivity contribution is -0.148. The highest BCUT2D eigenvalue weighted by Crippen LogP contribution is 2.30. The Hall–Kier alpha value is -3.32. The van der Waals surface area contributed by atoms with Gasteiger partial charge >= 0.3 is 12.1 Å². The second-order valence-electron chi connectivity index (χ2n) is 6.18. The van der Waals surface area contributed by atoms with Crippen molar-refractivity contribution in [2.45, 2.75) is 24.1 Å². The van der Waals surface area contributed by atoms with E-state index in [2.05, 4.69) is 15.1 Å². The number of rotatable bonds is 7. The molecule has 2 heterocycles. The Bertz CT molecular complexity index is 1170. The van der Waals surface area contributed by atoms with Gasteiger partial charge in [-0.05, 0) is 37.3 Å². The molecule has 1 unspecified atom stereocenters. The molecule has 3 rings (SSSR count). The molecule has 0 aliphatic rings. The zero-order chi connectivity index (χ0) is 22.6. The molecule has 1 atom stereocenters. The topological polar surface area (TPSA) is 124 Å². The second-order valence-corrected chi connectivity index (χ2v) is 7.95. The number of benzene rings is 1. The third-order valence-corrected chi connectivity index (χ3v) is 5.29. The van der Waals surface area contributed by atoms with Crippen LogP contribution in [0.4, 0.5) is 13.2 Å². The van der Waals surface area contributed by atoms with Crippen LogP contribution in [-0.2, 0) is 25.7 Å². The predicted molar refractivity (Wildman–Crippen MR) is 98.7 cm³/mol. The van der Waals surface area contributed by atoms with Crippen LogP contribution in [0.3, 0.4) is 0 Å². The second kappa shape index (κ2) is 8.81. The van der Waals surface area contributed by atoms with Crippen molar-refractivity contribution in [3.05, 3.63) is 60.2 Å². The minimum atomic E-state index is -4.71. The average Bonchev–Trinajstić information content (AvgIpc) is 3.23. The van der Waals surface area contributed by atoms with Gasteiger partial charge in [-0.1, -0.05) is 11.2 Å². The highest BCUT2D eigenvalue weighted by molar-refractivity contribution is 7.89. The van der Waals surface area contributed by atoms with Gasteiger partial charge in [0.05, 0.1) is 10.5 Å². The molecule has 0 saturated carbocycles. The maximum Gasteiger partial charge on any atom is 0.416 e. The zero-order valence-corrected chi connectivity index (χ0v) is 16.6. The van der Waals surface area contributed by atoms with Gasteiger partial charge in [0.25, 0.3) is 5.89 Å². The van der Waals surface area contributed by atoms with Crippen molar-refractivity contribution in [3.8, 4) is 11.4 Å². The Morgan fingerprint density at radius 3 is 2.71 bits per heavy atom. The van der Waals surface area contributed by atoms with E-state index in [4.69, 9.17) is 9.26 Å². The van der Waals surface area contributed by atoms with Gasteiger partial charge in [0.15, 0.2) is 6.10 Å². The van der Waals surface area contributed by atoms with Crippen LogP contribution in [-0.4, -0.2) is 36.1 Å². The predicted octanol–water partition coefficient (Wildman–Crippen LogP) is 2.73. The molecule has 164 valence electrons. The molecule has 0 amide bonds. The number of hydrogen-bond acceptors (Lipinski definition) is 8. The Kier molecular flexibility index (Phi) is 6.36. The molecular weight excluding hydrogens is 441 g/mol. The maximum atomic E-state index is 12.8. The normalized spacial score (nSPS) is 13.0. The first-order valence-electron chi connectivity index (χ1n) is 8.66. The van der Waals surface area contributed by atoms with E-state index in [9.17, 15) is 26.4 Å². The van der Waals surface area contributed by atoms with E-state index in [1.165, 1.54) is 13.1 Å². The number of nitrogens with zero attached hydrogens (tertiary/aromatic N) is 3. The molecule has 0 spiro atoms. The number of halogens is 3. The SMILES string of the molecule is CC(OC(=O)CNS(=O)(=O)c1cccc(C(F)(F)F)c1)c1nc(-c2cccnc2)no1. The molecule has 0 fully saturated rings. The summed E-state index contributed by atoms with van der Waals surface area (Å²) in [4.78, 5) is 19.3. The van der Waals surface area contributed by atoms with Crippen molar-refractivity contribution in [2.24, 2.45) is 0 Å². The maximum absolute atomic E-state index is 12.8. The number of sulfonamides is 1. The summed E-state index contributed by atoms with van der Waals surface area (Å²) in [5.41, 5.74) is -0.558. The monoisotopic (exact) mass is 456 g/mol. The number of carbonyl (C=O) groups excluding carboxylic acids is 1.